The summed E-state index contributed by atoms with van der Waals surface area (Å²) in [5.74, 6) is 0.638. The number of ether oxygens (including phenoxy) is 1. The predicted molar refractivity (Wildman–Crippen MR) is 90.3 cm³/mol. The molecule has 7 nitrogen and oxygen atoms in total. The highest BCUT2D eigenvalue weighted by molar-refractivity contribution is 5.77. The van der Waals surface area contributed by atoms with Crippen LogP contribution in [0.1, 0.15) is 22.6 Å². The molecule has 0 aliphatic rings. The van der Waals surface area contributed by atoms with Crippen molar-refractivity contribution in [1.82, 2.24) is 25.1 Å². The molecule has 2 aromatic heterocycles. The Balaban J connectivity index is 1.51. The monoisotopic (exact) mass is 327 g/mol. The lowest BCUT2D eigenvalue weighted by Crippen LogP contribution is -2.30. The Hall–Kier alpha value is -2.67. The van der Waals surface area contributed by atoms with Crippen LogP contribution >= 0.6 is 0 Å². The molecule has 24 heavy (non-hydrogen) atoms. The van der Waals surface area contributed by atoms with E-state index in [-0.39, 0.29) is 19.1 Å². The molecule has 0 spiro atoms. The van der Waals surface area contributed by atoms with Gasteiger partial charge in [0.2, 0.25) is 5.91 Å². The summed E-state index contributed by atoms with van der Waals surface area (Å²) in [5, 5.41) is 6.82. The highest BCUT2D eigenvalue weighted by atomic mass is 16.5. The van der Waals surface area contributed by atoms with Crippen LogP contribution in [0.4, 0.5) is 0 Å². The van der Waals surface area contributed by atoms with Crippen molar-refractivity contribution in [3.05, 3.63) is 47.0 Å². The predicted octanol–water partition coefficient (Wildman–Crippen LogP) is 2.08. The highest BCUT2D eigenvalue weighted by Crippen LogP contribution is 2.13. The van der Waals surface area contributed by atoms with Crippen LogP contribution in [0, 0.1) is 13.8 Å². The fourth-order valence-corrected chi connectivity index (χ4v) is 2.47. The SMILES string of the molecule is Cc1ccc2nc(COCC(=O)N(C)Cc3cn[nH]c3C)[nH]c2c1. The molecule has 1 aromatic carbocycles. The average Bonchev–Trinajstić information content (AvgIpc) is 3.13. The maximum Gasteiger partial charge on any atom is 0.248 e. The van der Waals surface area contributed by atoms with Crippen LogP contribution in [0.25, 0.3) is 11.0 Å². The van der Waals surface area contributed by atoms with Gasteiger partial charge in [-0.3, -0.25) is 9.89 Å². The third-order valence-electron chi connectivity index (χ3n) is 3.92. The number of rotatable bonds is 6. The first kappa shape index (κ1) is 16.2. The number of aryl methyl sites for hydroxylation is 2. The molecule has 0 saturated heterocycles. The standard InChI is InChI=1S/C17H21N5O2/c1-11-4-5-14-15(6-11)20-16(19-14)9-24-10-17(23)22(3)8-13-7-18-21-12(13)2/h4-7H,8-10H2,1-3H3,(H,18,21)(H,19,20). The summed E-state index contributed by atoms with van der Waals surface area (Å²) in [7, 11) is 1.75. The number of aromatic nitrogens is 4. The van der Waals surface area contributed by atoms with Gasteiger partial charge in [0.1, 0.15) is 19.0 Å². The Kier molecular flexibility index (Phi) is 4.61. The van der Waals surface area contributed by atoms with E-state index in [2.05, 4.69) is 20.2 Å². The fourth-order valence-electron chi connectivity index (χ4n) is 2.47. The van der Waals surface area contributed by atoms with Crippen molar-refractivity contribution >= 4 is 16.9 Å². The van der Waals surface area contributed by atoms with Crippen LogP contribution in [0.2, 0.25) is 0 Å². The summed E-state index contributed by atoms with van der Waals surface area (Å²) in [5.41, 5.74) is 5.02. The molecule has 0 atom stereocenters. The van der Waals surface area contributed by atoms with Gasteiger partial charge < -0.3 is 14.6 Å². The number of nitrogens with zero attached hydrogens (tertiary/aromatic N) is 3. The van der Waals surface area contributed by atoms with E-state index in [1.165, 1.54) is 5.56 Å². The van der Waals surface area contributed by atoms with E-state index in [0.29, 0.717) is 6.54 Å². The van der Waals surface area contributed by atoms with E-state index in [1.54, 1.807) is 18.1 Å². The first-order chi connectivity index (χ1) is 11.5. The Bertz CT molecular complexity index is 852. The van der Waals surface area contributed by atoms with Gasteiger partial charge in [-0.2, -0.15) is 5.10 Å². The lowest BCUT2D eigenvalue weighted by atomic mass is 10.2. The Morgan fingerprint density at radius 2 is 2.17 bits per heavy atom. The number of nitrogens with one attached hydrogen (secondary N) is 2. The lowest BCUT2D eigenvalue weighted by Gasteiger charge is -2.16. The molecule has 0 aliphatic carbocycles. The number of amides is 1. The Labute approximate surface area is 140 Å². The second-order valence-electron chi connectivity index (χ2n) is 5.97. The smallest absolute Gasteiger partial charge is 0.248 e. The quantitative estimate of drug-likeness (QED) is 0.725. The van der Waals surface area contributed by atoms with Crippen molar-refractivity contribution in [2.24, 2.45) is 0 Å². The van der Waals surface area contributed by atoms with E-state index in [1.807, 2.05) is 32.0 Å². The molecule has 2 N–H and O–H groups in total. The topological polar surface area (TPSA) is 86.9 Å². The molecular formula is C17H21N5O2. The van der Waals surface area contributed by atoms with Gasteiger partial charge in [0.05, 0.1) is 17.2 Å². The zero-order chi connectivity index (χ0) is 17.1. The van der Waals surface area contributed by atoms with E-state index in [4.69, 9.17) is 4.74 Å². The van der Waals surface area contributed by atoms with E-state index in [9.17, 15) is 4.79 Å². The van der Waals surface area contributed by atoms with Gasteiger partial charge in [-0.25, -0.2) is 4.98 Å². The number of carbonyl (C=O) groups is 1. The van der Waals surface area contributed by atoms with Crippen molar-refractivity contribution in [1.29, 1.82) is 0 Å². The zero-order valence-corrected chi connectivity index (χ0v) is 14.1. The van der Waals surface area contributed by atoms with E-state index < -0.39 is 0 Å². The van der Waals surface area contributed by atoms with Gasteiger partial charge in [-0.15, -0.1) is 0 Å². The van der Waals surface area contributed by atoms with Gasteiger partial charge in [0.25, 0.3) is 0 Å². The maximum atomic E-state index is 12.1. The number of carbonyl (C=O) groups excluding carboxylic acids is 1. The summed E-state index contributed by atoms with van der Waals surface area (Å²) in [6.07, 6.45) is 1.73. The van der Waals surface area contributed by atoms with Gasteiger partial charge >= 0.3 is 0 Å². The minimum atomic E-state index is -0.0810. The molecule has 2 heterocycles. The van der Waals surface area contributed by atoms with Crippen LogP contribution in [-0.2, 0) is 22.7 Å². The second-order valence-corrected chi connectivity index (χ2v) is 5.97. The molecule has 0 bridgehead atoms. The third kappa shape index (κ3) is 3.62. The van der Waals surface area contributed by atoms with Crippen LogP contribution in [0.3, 0.4) is 0 Å². The Morgan fingerprint density at radius 1 is 1.33 bits per heavy atom. The fraction of sp³-hybridized carbons (Fsp3) is 0.353. The highest BCUT2D eigenvalue weighted by Gasteiger charge is 2.12. The summed E-state index contributed by atoms with van der Waals surface area (Å²) in [4.78, 5) is 21.4. The van der Waals surface area contributed by atoms with Crippen LogP contribution in [0.15, 0.2) is 24.4 Å². The van der Waals surface area contributed by atoms with Crippen LogP contribution in [-0.4, -0.2) is 44.6 Å². The molecule has 0 unspecified atom stereocenters. The van der Waals surface area contributed by atoms with Crippen molar-refractivity contribution in [3.8, 4) is 0 Å². The average molecular weight is 327 g/mol. The number of hydrogen-bond donors (Lipinski definition) is 2. The number of aromatic amines is 2. The number of likely N-dealkylation sites (N-methyl/N-ethyl adjacent to an activating group) is 1. The first-order valence-corrected chi connectivity index (χ1v) is 7.78. The third-order valence-corrected chi connectivity index (χ3v) is 3.92. The molecule has 3 aromatic rings. The van der Waals surface area contributed by atoms with Crippen LogP contribution in [0.5, 0.6) is 0 Å². The largest absolute Gasteiger partial charge is 0.364 e. The van der Waals surface area contributed by atoms with Crippen molar-refractivity contribution in [3.63, 3.8) is 0 Å². The molecule has 126 valence electrons. The number of H-pyrrole nitrogens is 2. The number of hydrogen-bond acceptors (Lipinski definition) is 4. The van der Waals surface area contributed by atoms with Gasteiger partial charge in [0.15, 0.2) is 0 Å². The van der Waals surface area contributed by atoms with Gasteiger partial charge in [-0.1, -0.05) is 6.07 Å². The summed E-state index contributed by atoms with van der Waals surface area (Å²) < 4.78 is 5.50. The normalized spacial score (nSPS) is 11.1. The van der Waals surface area contributed by atoms with E-state index >= 15 is 0 Å². The molecule has 0 saturated carbocycles. The maximum absolute atomic E-state index is 12.1. The van der Waals surface area contributed by atoms with Gasteiger partial charge in [0, 0.05) is 24.8 Å². The molecule has 7 heteroatoms. The minimum absolute atomic E-state index is 0.0173. The summed E-state index contributed by atoms with van der Waals surface area (Å²) >= 11 is 0. The molecule has 0 fully saturated rings. The van der Waals surface area contributed by atoms with Crippen molar-refractivity contribution in [2.45, 2.75) is 27.0 Å². The second kappa shape index (κ2) is 6.84. The number of benzene rings is 1. The molecular weight excluding hydrogens is 306 g/mol. The minimum Gasteiger partial charge on any atom is -0.364 e. The van der Waals surface area contributed by atoms with Crippen molar-refractivity contribution < 1.29 is 9.53 Å². The number of imidazole rings is 1. The zero-order valence-electron chi connectivity index (χ0n) is 14.1. The number of fused-ring (bicyclic) bond motifs is 1. The first-order valence-electron chi connectivity index (χ1n) is 7.78. The Morgan fingerprint density at radius 3 is 2.92 bits per heavy atom. The molecule has 0 aliphatic heterocycles. The summed E-state index contributed by atoms with van der Waals surface area (Å²) in [6, 6.07) is 6.03. The van der Waals surface area contributed by atoms with E-state index in [0.717, 1.165) is 28.1 Å². The molecule has 0 radical (unpaired) electrons. The van der Waals surface area contributed by atoms with Gasteiger partial charge in [-0.05, 0) is 31.5 Å². The van der Waals surface area contributed by atoms with Crippen molar-refractivity contribution in [2.75, 3.05) is 13.7 Å². The molecule has 1 amide bonds. The van der Waals surface area contributed by atoms with Crippen LogP contribution < -0.4 is 0 Å². The lowest BCUT2D eigenvalue weighted by molar-refractivity contribution is -0.135. The molecule has 3 rings (SSSR count). The summed E-state index contributed by atoms with van der Waals surface area (Å²) in [6.45, 7) is 4.77.